The van der Waals surface area contributed by atoms with Gasteiger partial charge in [0.1, 0.15) is 17.5 Å². The summed E-state index contributed by atoms with van der Waals surface area (Å²) in [7, 11) is 4.71. The number of carbonyl (C=O) groups excluding carboxylic acids is 8. The number of benzene rings is 3. The number of hydrogen-bond acceptors (Lipinski definition) is 18. The van der Waals surface area contributed by atoms with Gasteiger partial charge in [-0.05, 0) is 60.9 Å². The van der Waals surface area contributed by atoms with E-state index in [4.69, 9.17) is 19.2 Å². The number of carbonyl (C=O) groups is 4. The van der Waals surface area contributed by atoms with Gasteiger partial charge in [-0.15, -0.1) is 0 Å². The molecule has 0 heterocycles. The van der Waals surface area contributed by atoms with E-state index in [1.54, 1.807) is 13.8 Å². The summed E-state index contributed by atoms with van der Waals surface area (Å²) >= 11 is 0. The number of nitro groups is 3. The Morgan fingerprint density at radius 2 is 1.06 bits per heavy atom. The summed E-state index contributed by atoms with van der Waals surface area (Å²) in [5, 5.41) is 31.5. The van der Waals surface area contributed by atoms with Crippen LogP contribution in [0.3, 0.4) is 0 Å². The summed E-state index contributed by atoms with van der Waals surface area (Å²) in [6, 6.07) is 9.75. The Bertz CT molecular complexity index is 2090. The number of rotatable bonds is 16. The molecule has 0 fully saturated rings. The van der Waals surface area contributed by atoms with Gasteiger partial charge < -0.3 is 18.9 Å². The molecule has 3 aromatic carbocycles. The highest BCUT2D eigenvalue weighted by Gasteiger charge is 2.51. The van der Waals surface area contributed by atoms with Crippen molar-refractivity contribution in [2.45, 2.75) is 70.1 Å². The molecule has 0 N–H and O–H groups in total. The lowest BCUT2D eigenvalue weighted by atomic mass is 9.76. The number of aryl methyl sites for hydroxylation is 1. The Hall–Kier alpha value is -7.71. The second kappa shape index (κ2) is 30.3. The van der Waals surface area contributed by atoms with Crippen molar-refractivity contribution in [3.8, 4) is 0 Å². The molecule has 1 atom stereocenters. The normalized spacial score (nSPS) is 10.2. The van der Waals surface area contributed by atoms with Crippen LogP contribution in [0.2, 0.25) is 0 Å². The molecule has 0 aliphatic heterocycles. The number of nitro benzene ring substituents is 3. The number of ether oxygens (including phenoxy) is 4. The summed E-state index contributed by atoms with van der Waals surface area (Å²) in [6.07, 6.45) is 2.42. The maximum Gasteiger partial charge on any atom is 0.373 e. The lowest BCUT2D eigenvalue weighted by molar-refractivity contribution is -0.385. The largest absolute Gasteiger partial charge is 0.469 e. The Kier molecular flexibility index (Phi) is 27.6. The second-order valence-corrected chi connectivity index (χ2v) is 12.2. The van der Waals surface area contributed by atoms with Gasteiger partial charge >= 0.3 is 36.2 Å². The van der Waals surface area contributed by atoms with Crippen LogP contribution in [0.1, 0.15) is 75.0 Å². The highest BCUT2D eigenvalue weighted by atomic mass is 19.1. The van der Waals surface area contributed by atoms with Crippen LogP contribution in [-0.2, 0) is 69.1 Å². The highest BCUT2D eigenvalue weighted by Crippen LogP contribution is 2.36. The first-order chi connectivity index (χ1) is 29.7. The second-order valence-electron chi connectivity index (χ2n) is 12.2. The smallest absolute Gasteiger partial charge is 0.373 e. The molecule has 3 rings (SSSR count). The third kappa shape index (κ3) is 19.0. The van der Waals surface area contributed by atoms with Crippen molar-refractivity contribution in [2.24, 2.45) is 0 Å². The van der Waals surface area contributed by atoms with Crippen LogP contribution in [-0.4, -0.2) is 79.4 Å². The monoisotopic (exact) mass is 897 g/mol. The minimum atomic E-state index is -1.99. The first kappa shape index (κ1) is 57.4. The minimum Gasteiger partial charge on any atom is -0.469 e. The van der Waals surface area contributed by atoms with Gasteiger partial charge in [-0.3, -0.25) is 49.5 Å². The van der Waals surface area contributed by atoms with E-state index in [1.165, 1.54) is 38.5 Å². The fraction of sp³-hybridized carbons (Fsp3) is 0.385. The fourth-order valence-corrected chi connectivity index (χ4v) is 5.33. The van der Waals surface area contributed by atoms with Crippen molar-refractivity contribution in [1.82, 2.24) is 0 Å². The van der Waals surface area contributed by atoms with E-state index in [9.17, 15) is 62.7 Å². The molecule has 0 amide bonds. The predicted molar refractivity (Wildman–Crippen MR) is 204 cm³/mol. The van der Waals surface area contributed by atoms with Gasteiger partial charge in [0.25, 0.3) is 17.1 Å². The summed E-state index contributed by atoms with van der Waals surface area (Å²) in [4.78, 5) is 108. The van der Waals surface area contributed by atoms with Crippen LogP contribution in [0.15, 0.2) is 54.6 Å². The topological polar surface area (TPSA) is 303 Å². The quantitative estimate of drug-likeness (QED) is 0.0525. The standard InChI is InChI=1S/C14H16FNO6.C12H14FNO4.C11H12FNO4.2CO2/c1-4-7-14(12(17)21-2,13(18)22-3)10-6-5-9(16(19)20)8-11(10)15;1-8(3-6-12(15)18-2)10-5-4-9(14(16)17)7-11(10)13;1-17-11(14)4-2-3-8-5-6-9(13(15)16)7-10(8)12;2*2-1-3/h5-6,8H,4,7H2,1-3H3;4-5,7-8H,3,6H2,1-2H3;5-7H,2-4H2,1H3;;. The van der Waals surface area contributed by atoms with E-state index >= 15 is 0 Å². The third-order valence-corrected chi connectivity index (χ3v) is 8.35. The molecule has 0 aliphatic rings. The van der Waals surface area contributed by atoms with Crippen molar-refractivity contribution in [3.05, 3.63) is 119 Å². The average Bonchev–Trinajstić information content (AvgIpc) is 3.25. The number of non-ortho nitro benzene ring substituents is 3. The Balaban J connectivity index is 0. The van der Waals surface area contributed by atoms with Gasteiger partial charge in [0.15, 0.2) is 5.41 Å². The molecule has 63 heavy (non-hydrogen) atoms. The SMILES string of the molecule is CCCC(C(=O)OC)(C(=O)OC)c1ccc([N+](=O)[O-])cc1F.COC(=O)CCC(C)c1ccc([N+](=O)[O-])cc1F.COC(=O)CCCc1ccc([N+](=O)[O-])cc1F.O=C=O.O=C=O. The number of hydrogen-bond donors (Lipinski definition) is 0. The van der Waals surface area contributed by atoms with Gasteiger partial charge in [0.2, 0.25) is 0 Å². The molecule has 0 spiro atoms. The molecule has 3 aromatic rings. The van der Waals surface area contributed by atoms with Gasteiger partial charge in [-0.1, -0.05) is 20.3 Å². The lowest BCUT2D eigenvalue weighted by Gasteiger charge is -2.28. The molecule has 0 bridgehead atoms. The van der Waals surface area contributed by atoms with E-state index in [0.717, 1.165) is 38.5 Å². The number of esters is 4. The van der Waals surface area contributed by atoms with Crippen molar-refractivity contribution in [1.29, 1.82) is 0 Å². The van der Waals surface area contributed by atoms with E-state index in [2.05, 4.69) is 18.9 Å². The molecule has 0 aliphatic carbocycles. The first-order valence-corrected chi connectivity index (χ1v) is 17.8. The van der Waals surface area contributed by atoms with Crippen LogP contribution < -0.4 is 0 Å². The Morgan fingerprint density at radius 3 is 1.44 bits per heavy atom. The van der Waals surface area contributed by atoms with Crippen molar-refractivity contribution in [2.75, 3.05) is 28.4 Å². The summed E-state index contributed by atoms with van der Waals surface area (Å²) < 4.78 is 59.6. The summed E-state index contributed by atoms with van der Waals surface area (Å²) in [5.74, 6) is -5.16. The van der Waals surface area contributed by atoms with Crippen LogP contribution in [0, 0.1) is 47.8 Å². The molecule has 24 heteroatoms. The van der Waals surface area contributed by atoms with E-state index in [0.29, 0.717) is 42.9 Å². The zero-order valence-electron chi connectivity index (χ0n) is 34.5. The van der Waals surface area contributed by atoms with Gasteiger partial charge in [-0.25, -0.2) is 13.2 Å². The lowest BCUT2D eigenvalue weighted by Crippen LogP contribution is -2.46. The molecular weight excluding hydrogens is 855 g/mol. The summed E-state index contributed by atoms with van der Waals surface area (Å²) in [5.41, 5.74) is -2.61. The highest BCUT2D eigenvalue weighted by molar-refractivity contribution is 6.06. The molecule has 0 aromatic heterocycles. The molecule has 1 unspecified atom stereocenters. The van der Waals surface area contributed by atoms with Crippen molar-refractivity contribution in [3.63, 3.8) is 0 Å². The van der Waals surface area contributed by atoms with Gasteiger partial charge in [-0.2, -0.15) is 19.2 Å². The maximum atomic E-state index is 14.3. The Labute approximate surface area is 355 Å². The van der Waals surface area contributed by atoms with Gasteiger partial charge in [0, 0.05) is 36.6 Å². The molecule has 0 saturated carbocycles. The first-order valence-electron chi connectivity index (χ1n) is 17.8. The van der Waals surface area contributed by atoms with Crippen LogP contribution >= 0.6 is 0 Å². The Morgan fingerprint density at radius 1 is 0.651 bits per heavy atom. The predicted octanol–water partition coefficient (Wildman–Crippen LogP) is 5.97. The van der Waals surface area contributed by atoms with E-state index in [1.807, 2.05) is 0 Å². The van der Waals surface area contributed by atoms with Crippen LogP contribution in [0.5, 0.6) is 0 Å². The van der Waals surface area contributed by atoms with E-state index < -0.39 is 55.3 Å². The zero-order valence-corrected chi connectivity index (χ0v) is 34.5. The molecule has 0 saturated heterocycles. The average molecular weight is 898 g/mol. The zero-order chi connectivity index (χ0) is 48.9. The number of halogens is 3. The summed E-state index contributed by atoms with van der Waals surface area (Å²) in [6.45, 7) is 3.46. The van der Waals surface area contributed by atoms with Crippen LogP contribution in [0.4, 0.5) is 30.2 Å². The maximum absolute atomic E-state index is 14.3. The minimum absolute atomic E-state index is 0.0545. The van der Waals surface area contributed by atoms with Crippen molar-refractivity contribution < 1.29 is 85.2 Å². The molecular formula is C39H42F3N3O18. The number of methoxy groups -OCH3 is 4. The molecule has 0 radical (unpaired) electrons. The van der Waals surface area contributed by atoms with Crippen molar-refractivity contribution >= 4 is 53.2 Å². The molecule has 21 nitrogen and oxygen atoms in total. The van der Waals surface area contributed by atoms with E-state index in [-0.39, 0.29) is 66.4 Å². The fourth-order valence-electron chi connectivity index (χ4n) is 5.33. The third-order valence-electron chi connectivity index (χ3n) is 8.35. The van der Waals surface area contributed by atoms with Crippen LogP contribution in [0.25, 0.3) is 0 Å². The van der Waals surface area contributed by atoms with Gasteiger partial charge in [0.05, 0.1) is 61.4 Å². The number of nitrogens with zero attached hydrogens (tertiary/aromatic N) is 3. The molecule has 342 valence electrons.